The summed E-state index contributed by atoms with van der Waals surface area (Å²) in [6, 6.07) is 0. The fourth-order valence-electron chi connectivity index (χ4n) is 4.71. The molecule has 3 heteroatoms. The number of esters is 1. The average molecular weight is 250 g/mol. The molecule has 18 heavy (non-hydrogen) atoms. The molecule has 2 saturated carbocycles. The Kier molecular flexibility index (Phi) is 2.44. The molecule has 0 radical (unpaired) electrons. The van der Waals surface area contributed by atoms with Gasteiger partial charge in [0.2, 0.25) is 0 Å². The molecule has 1 saturated heterocycles. The van der Waals surface area contributed by atoms with Gasteiger partial charge in [0.1, 0.15) is 5.41 Å². The van der Waals surface area contributed by atoms with E-state index in [1.165, 1.54) is 0 Å². The Hall–Kier alpha value is -0.830. The molecule has 2 aliphatic carbocycles. The number of hydrogen-bond donors (Lipinski definition) is 1. The summed E-state index contributed by atoms with van der Waals surface area (Å²) < 4.78 is 5.33. The van der Waals surface area contributed by atoms with E-state index in [4.69, 9.17) is 4.74 Å². The van der Waals surface area contributed by atoms with Crippen LogP contribution in [0, 0.1) is 22.7 Å². The van der Waals surface area contributed by atoms with Crippen molar-refractivity contribution in [1.29, 1.82) is 0 Å². The summed E-state index contributed by atoms with van der Waals surface area (Å²) in [5, 5.41) is 10.5. The molecule has 0 aromatic heterocycles. The lowest BCUT2D eigenvalue weighted by molar-refractivity contribution is -0.175. The molecule has 0 amide bonds. The number of cyclic esters (lactones) is 1. The molecule has 0 bridgehead atoms. The van der Waals surface area contributed by atoms with E-state index in [2.05, 4.69) is 20.4 Å². The third kappa shape index (κ3) is 1.26. The predicted molar refractivity (Wildman–Crippen MR) is 67.8 cm³/mol. The van der Waals surface area contributed by atoms with E-state index in [1.807, 2.05) is 0 Å². The highest BCUT2D eigenvalue weighted by atomic mass is 16.5. The van der Waals surface area contributed by atoms with E-state index >= 15 is 0 Å². The van der Waals surface area contributed by atoms with Crippen LogP contribution in [0.15, 0.2) is 12.2 Å². The Labute approximate surface area is 108 Å². The number of hydrogen-bond acceptors (Lipinski definition) is 3. The van der Waals surface area contributed by atoms with Crippen LogP contribution in [0.3, 0.4) is 0 Å². The lowest BCUT2D eigenvalue weighted by Gasteiger charge is -2.56. The highest BCUT2D eigenvalue weighted by Gasteiger charge is 2.67. The maximum atomic E-state index is 12.4. The number of aliphatic hydroxyl groups is 1. The topological polar surface area (TPSA) is 46.5 Å². The van der Waals surface area contributed by atoms with E-state index in [0.29, 0.717) is 13.0 Å². The van der Waals surface area contributed by atoms with Gasteiger partial charge in [-0.15, -0.1) is 0 Å². The molecule has 3 aliphatic rings. The van der Waals surface area contributed by atoms with Gasteiger partial charge in [0, 0.05) is 5.92 Å². The number of ether oxygens (including phenoxy) is 1. The van der Waals surface area contributed by atoms with Crippen LogP contribution in [0.5, 0.6) is 0 Å². The molecular formula is C15H22O3. The minimum atomic E-state index is -0.697. The summed E-state index contributed by atoms with van der Waals surface area (Å²) in [5.74, 6) is 0.0659. The van der Waals surface area contributed by atoms with Gasteiger partial charge in [-0.2, -0.15) is 0 Å². The van der Waals surface area contributed by atoms with Crippen LogP contribution in [0.4, 0.5) is 0 Å². The highest BCUT2D eigenvalue weighted by molar-refractivity contribution is 5.82. The summed E-state index contributed by atoms with van der Waals surface area (Å²) in [5.41, 5.74) is 0.493. The molecule has 4 atom stereocenters. The largest absolute Gasteiger partial charge is 0.464 e. The van der Waals surface area contributed by atoms with Crippen LogP contribution in [-0.4, -0.2) is 23.8 Å². The molecule has 1 spiro atoms. The average Bonchev–Trinajstić information content (AvgIpc) is 2.65. The normalized spacial score (nSPS) is 46.3. The van der Waals surface area contributed by atoms with Gasteiger partial charge < -0.3 is 9.84 Å². The summed E-state index contributed by atoms with van der Waals surface area (Å²) in [6.45, 7) is 8.98. The number of rotatable bonds is 0. The van der Waals surface area contributed by atoms with Gasteiger partial charge in [-0.3, -0.25) is 4.79 Å². The van der Waals surface area contributed by atoms with E-state index in [1.54, 1.807) is 0 Å². The lowest BCUT2D eigenvalue weighted by atomic mass is 9.46. The van der Waals surface area contributed by atoms with Crippen molar-refractivity contribution in [1.82, 2.24) is 0 Å². The molecule has 1 aliphatic heterocycles. The summed E-state index contributed by atoms with van der Waals surface area (Å²) in [6.07, 6.45) is 3.03. The standard InChI is InChI=1S/C15H22O3/c1-9-4-5-11-14(2,3)7-6-12(16)15(11)10(9)8-18-13(15)17/h10-12,16H,1,4-8H2,2-3H3/t10-,11-,12+,15-/m0/s1. The second-order valence-electron chi connectivity index (χ2n) is 6.88. The summed E-state index contributed by atoms with van der Waals surface area (Å²) in [7, 11) is 0. The van der Waals surface area contributed by atoms with E-state index in [-0.39, 0.29) is 23.2 Å². The third-order valence-electron chi connectivity index (χ3n) is 5.69. The molecule has 100 valence electrons. The van der Waals surface area contributed by atoms with Crippen molar-refractivity contribution in [3.8, 4) is 0 Å². The molecule has 3 fully saturated rings. The minimum Gasteiger partial charge on any atom is -0.464 e. The van der Waals surface area contributed by atoms with Gasteiger partial charge in [0.15, 0.2) is 0 Å². The van der Waals surface area contributed by atoms with Crippen molar-refractivity contribution in [3.63, 3.8) is 0 Å². The molecule has 0 unspecified atom stereocenters. The Morgan fingerprint density at radius 2 is 2.11 bits per heavy atom. The van der Waals surface area contributed by atoms with Crippen LogP contribution in [0.25, 0.3) is 0 Å². The molecule has 3 nitrogen and oxygen atoms in total. The molecule has 0 aromatic rings. The molecular weight excluding hydrogens is 228 g/mol. The van der Waals surface area contributed by atoms with Gasteiger partial charge in [-0.25, -0.2) is 0 Å². The van der Waals surface area contributed by atoms with E-state index in [9.17, 15) is 9.90 Å². The van der Waals surface area contributed by atoms with Gasteiger partial charge in [0.25, 0.3) is 0 Å². The zero-order chi connectivity index (χ0) is 13.1. The number of aliphatic hydroxyl groups excluding tert-OH is 1. The van der Waals surface area contributed by atoms with Gasteiger partial charge in [-0.05, 0) is 37.0 Å². The quantitative estimate of drug-likeness (QED) is 0.530. The molecule has 1 heterocycles. The fraction of sp³-hybridized carbons (Fsp3) is 0.800. The lowest BCUT2D eigenvalue weighted by Crippen LogP contribution is -2.59. The van der Waals surface area contributed by atoms with E-state index in [0.717, 1.165) is 24.8 Å². The molecule has 0 aromatic carbocycles. The van der Waals surface area contributed by atoms with Crippen molar-refractivity contribution >= 4 is 5.97 Å². The third-order valence-corrected chi connectivity index (χ3v) is 5.69. The Balaban J connectivity index is 2.14. The van der Waals surface area contributed by atoms with Crippen LogP contribution >= 0.6 is 0 Å². The number of carbonyl (C=O) groups excluding carboxylic acids is 1. The Morgan fingerprint density at radius 3 is 2.83 bits per heavy atom. The van der Waals surface area contributed by atoms with Gasteiger partial charge >= 0.3 is 5.97 Å². The minimum absolute atomic E-state index is 0.0262. The highest BCUT2D eigenvalue weighted by Crippen LogP contribution is 2.63. The fourth-order valence-corrected chi connectivity index (χ4v) is 4.71. The van der Waals surface area contributed by atoms with Crippen LogP contribution in [0.1, 0.15) is 39.5 Å². The second kappa shape index (κ2) is 3.60. The summed E-state index contributed by atoms with van der Waals surface area (Å²) >= 11 is 0. The first-order chi connectivity index (χ1) is 8.40. The summed E-state index contributed by atoms with van der Waals surface area (Å²) in [4.78, 5) is 12.4. The maximum Gasteiger partial charge on any atom is 0.315 e. The Morgan fingerprint density at radius 1 is 1.39 bits per heavy atom. The second-order valence-corrected chi connectivity index (χ2v) is 6.88. The van der Waals surface area contributed by atoms with Crippen molar-refractivity contribution in [2.24, 2.45) is 22.7 Å². The molecule has 3 rings (SSSR count). The van der Waals surface area contributed by atoms with Gasteiger partial charge in [0.05, 0.1) is 12.7 Å². The molecule has 1 N–H and O–H groups in total. The monoisotopic (exact) mass is 250 g/mol. The first-order valence-electron chi connectivity index (χ1n) is 6.93. The van der Waals surface area contributed by atoms with Crippen molar-refractivity contribution in [3.05, 3.63) is 12.2 Å². The first kappa shape index (κ1) is 12.2. The zero-order valence-corrected chi connectivity index (χ0v) is 11.2. The van der Waals surface area contributed by atoms with Crippen LogP contribution in [-0.2, 0) is 9.53 Å². The van der Waals surface area contributed by atoms with Crippen LogP contribution in [0.2, 0.25) is 0 Å². The van der Waals surface area contributed by atoms with Gasteiger partial charge in [-0.1, -0.05) is 26.0 Å². The van der Waals surface area contributed by atoms with E-state index < -0.39 is 11.5 Å². The maximum absolute atomic E-state index is 12.4. The zero-order valence-electron chi connectivity index (χ0n) is 11.2. The van der Waals surface area contributed by atoms with Crippen molar-refractivity contribution in [2.75, 3.05) is 6.61 Å². The first-order valence-corrected chi connectivity index (χ1v) is 6.93. The van der Waals surface area contributed by atoms with Crippen LogP contribution < -0.4 is 0 Å². The number of carbonyl (C=O) groups is 1. The van der Waals surface area contributed by atoms with Crippen molar-refractivity contribution in [2.45, 2.75) is 45.6 Å². The SMILES string of the molecule is C=C1CC[C@H]2C(C)(C)CC[C@@H](O)[C@@]23C(=O)OC[C@@H]13. The van der Waals surface area contributed by atoms with Crippen molar-refractivity contribution < 1.29 is 14.6 Å². The predicted octanol–water partition coefficient (Wildman–Crippen LogP) is 2.29. The Bertz CT molecular complexity index is 412. The smallest absolute Gasteiger partial charge is 0.315 e.